The average Bonchev–Trinajstić information content (AvgIpc) is 3.83. The number of hydrogen-bond donors (Lipinski definition) is 4. The fourth-order valence-electron chi connectivity index (χ4n) is 5.81. The van der Waals surface area contributed by atoms with Gasteiger partial charge in [0.2, 0.25) is 5.91 Å². The number of aliphatic hydroxyl groups excluding tert-OH is 1. The SMILES string of the molecule is CC(O)c1cccc(-c2ccc3nc(C(=O)Nc4ccccc4)cn3c2)c1.NC(=O)c1cccc(-c2ccc3nc(C(=O)Nc4ccccc4)cn3c2)c1. The molecule has 0 fully saturated rings. The number of aromatic nitrogens is 4. The molecule has 0 aliphatic heterocycles. The molecule has 5 N–H and O–H groups in total. The highest BCUT2D eigenvalue weighted by Gasteiger charge is 2.14. The Bertz CT molecular complexity index is 2610. The minimum atomic E-state index is -0.518. The first kappa shape index (κ1) is 35.1. The van der Waals surface area contributed by atoms with Crippen molar-refractivity contribution in [2.24, 2.45) is 5.73 Å². The summed E-state index contributed by atoms with van der Waals surface area (Å²) in [7, 11) is 0. The summed E-state index contributed by atoms with van der Waals surface area (Å²) in [6.45, 7) is 1.75. The van der Waals surface area contributed by atoms with E-state index in [-0.39, 0.29) is 11.8 Å². The number of benzene rings is 4. The molecule has 4 aromatic heterocycles. The van der Waals surface area contributed by atoms with E-state index in [0.717, 1.165) is 33.5 Å². The molecule has 0 radical (unpaired) electrons. The third-order valence-corrected chi connectivity index (χ3v) is 8.61. The van der Waals surface area contributed by atoms with E-state index in [0.29, 0.717) is 33.9 Å². The summed E-state index contributed by atoms with van der Waals surface area (Å²) < 4.78 is 3.62. The Labute approximate surface area is 310 Å². The van der Waals surface area contributed by atoms with Crippen molar-refractivity contribution >= 4 is 40.4 Å². The van der Waals surface area contributed by atoms with Gasteiger partial charge in [0.15, 0.2) is 0 Å². The minimum Gasteiger partial charge on any atom is -0.389 e. The Morgan fingerprint density at radius 1 is 0.574 bits per heavy atom. The van der Waals surface area contributed by atoms with Crippen LogP contribution >= 0.6 is 0 Å². The maximum absolute atomic E-state index is 12.4. The van der Waals surface area contributed by atoms with Crippen LogP contribution in [0.1, 0.15) is 49.9 Å². The minimum absolute atomic E-state index is 0.248. The molecule has 0 aliphatic carbocycles. The first-order valence-electron chi connectivity index (χ1n) is 17.1. The quantitative estimate of drug-likeness (QED) is 0.127. The highest BCUT2D eigenvalue weighted by Crippen LogP contribution is 2.25. The zero-order chi connectivity index (χ0) is 37.6. The lowest BCUT2D eigenvalue weighted by molar-refractivity contribution is 0.0996. The van der Waals surface area contributed by atoms with E-state index in [1.807, 2.05) is 132 Å². The van der Waals surface area contributed by atoms with Gasteiger partial charge in [0.1, 0.15) is 22.7 Å². The highest BCUT2D eigenvalue weighted by molar-refractivity contribution is 6.04. The number of primary amides is 1. The van der Waals surface area contributed by atoms with Gasteiger partial charge in [-0.2, -0.15) is 0 Å². The number of anilines is 2. The molecule has 3 amide bonds. The van der Waals surface area contributed by atoms with Gasteiger partial charge in [-0.05, 0) is 101 Å². The lowest BCUT2D eigenvalue weighted by Gasteiger charge is -2.08. The largest absolute Gasteiger partial charge is 0.389 e. The van der Waals surface area contributed by atoms with Crippen LogP contribution in [0.15, 0.2) is 158 Å². The van der Waals surface area contributed by atoms with Crippen molar-refractivity contribution in [2.45, 2.75) is 13.0 Å². The smallest absolute Gasteiger partial charge is 0.275 e. The average molecular weight is 714 g/mol. The molecule has 0 bridgehead atoms. The van der Waals surface area contributed by atoms with Gasteiger partial charge in [0, 0.05) is 41.7 Å². The maximum Gasteiger partial charge on any atom is 0.275 e. The number of fused-ring (bicyclic) bond motifs is 2. The fourth-order valence-corrected chi connectivity index (χ4v) is 5.81. The van der Waals surface area contributed by atoms with Gasteiger partial charge < -0.3 is 30.3 Å². The second-order valence-electron chi connectivity index (χ2n) is 12.5. The summed E-state index contributed by atoms with van der Waals surface area (Å²) in [5, 5.41) is 15.5. The van der Waals surface area contributed by atoms with E-state index < -0.39 is 12.0 Å². The number of nitrogens with one attached hydrogen (secondary N) is 2. The normalized spacial score (nSPS) is 11.4. The van der Waals surface area contributed by atoms with Crippen LogP contribution in [0.25, 0.3) is 33.5 Å². The van der Waals surface area contributed by atoms with Crippen LogP contribution in [0.5, 0.6) is 0 Å². The van der Waals surface area contributed by atoms with Crippen LogP contribution < -0.4 is 16.4 Å². The van der Waals surface area contributed by atoms with Crippen molar-refractivity contribution in [1.82, 2.24) is 18.8 Å². The van der Waals surface area contributed by atoms with E-state index in [9.17, 15) is 19.5 Å². The van der Waals surface area contributed by atoms with E-state index in [1.165, 1.54) is 0 Å². The summed E-state index contributed by atoms with van der Waals surface area (Å²) in [5.74, 6) is -0.995. The molecule has 266 valence electrons. The number of nitrogens with zero attached hydrogens (tertiary/aromatic N) is 4. The molecule has 11 heteroatoms. The standard InChI is InChI=1S/C22H19N3O2.C21H16N4O2/c1-15(26)16-6-5-7-17(12-16)18-10-11-21-24-20(14-25(21)13-18)22(27)23-19-8-3-2-4-9-19;22-20(26)15-6-4-5-14(11-15)16-9-10-19-24-18(13-25(19)12-16)21(27)23-17-7-2-1-3-8-17/h2-15,26H,1H3,(H,23,27);1-13H,(H2,22,26)(H,23,27). The monoisotopic (exact) mass is 713 g/mol. The molecule has 54 heavy (non-hydrogen) atoms. The fraction of sp³-hybridized carbons (Fsp3) is 0.0465. The Hall–Kier alpha value is -7.37. The number of carbonyl (C=O) groups excluding carboxylic acids is 3. The summed E-state index contributed by atoms with van der Waals surface area (Å²) in [5.41, 5.74) is 13.9. The van der Waals surface area contributed by atoms with Gasteiger partial charge in [-0.1, -0.05) is 66.7 Å². The van der Waals surface area contributed by atoms with Crippen LogP contribution in [0.2, 0.25) is 0 Å². The summed E-state index contributed by atoms with van der Waals surface area (Å²) in [4.78, 5) is 45.0. The van der Waals surface area contributed by atoms with Crippen molar-refractivity contribution in [1.29, 1.82) is 0 Å². The van der Waals surface area contributed by atoms with Gasteiger partial charge in [-0.15, -0.1) is 0 Å². The molecular weight excluding hydrogens is 679 g/mol. The Morgan fingerprint density at radius 2 is 1.06 bits per heavy atom. The Kier molecular flexibility index (Phi) is 10.0. The summed E-state index contributed by atoms with van der Waals surface area (Å²) in [6.07, 6.45) is 6.67. The van der Waals surface area contributed by atoms with Crippen LogP contribution in [-0.4, -0.2) is 41.6 Å². The Balaban J connectivity index is 0.000000167. The van der Waals surface area contributed by atoms with Crippen molar-refractivity contribution in [3.63, 3.8) is 0 Å². The maximum atomic E-state index is 12.4. The molecular formula is C43H35N7O4. The molecule has 8 rings (SSSR count). The molecule has 8 aromatic rings. The second-order valence-corrected chi connectivity index (χ2v) is 12.5. The third-order valence-electron chi connectivity index (χ3n) is 8.61. The van der Waals surface area contributed by atoms with E-state index in [1.54, 1.807) is 41.9 Å². The number of rotatable bonds is 8. The van der Waals surface area contributed by atoms with E-state index in [2.05, 4.69) is 20.6 Å². The predicted molar refractivity (Wildman–Crippen MR) is 209 cm³/mol. The van der Waals surface area contributed by atoms with E-state index >= 15 is 0 Å². The van der Waals surface area contributed by atoms with Crippen molar-refractivity contribution in [2.75, 3.05) is 10.6 Å². The first-order valence-corrected chi connectivity index (χ1v) is 17.1. The van der Waals surface area contributed by atoms with E-state index in [4.69, 9.17) is 5.73 Å². The molecule has 4 aromatic carbocycles. The van der Waals surface area contributed by atoms with Crippen molar-refractivity contribution in [3.8, 4) is 22.3 Å². The number of carbonyl (C=O) groups is 3. The molecule has 0 saturated carbocycles. The predicted octanol–water partition coefficient (Wildman–Crippen LogP) is 7.66. The number of para-hydroxylation sites is 2. The van der Waals surface area contributed by atoms with Crippen molar-refractivity contribution in [3.05, 3.63) is 181 Å². The number of aliphatic hydroxyl groups is 1. The molecule has 0 aliphatic rings. The van der Waals surface area contributed by atoms with Gasteiger partial charge in [0.05, 0.1) is 6.10 Å². The zero-order valence-electron chi connectivity index (χ0n) is 29.1. The lowest BCUT2D eigenvalue weighted by Crippen LogP contribution is -2.11. The Morgan fingerprint density at radius 3 is 1.54 bits per heavy atom. The number of amides is 3. The van der Waals surface area contributed by atoms with Gasteiger partial charge >= 0.3 is 0 Å². The van der Waals surface area contributed by atoms with Gasteiger partial charge in [-0.3, -0.25) is 14.4 Å². The summed E-state index contributed by atoms with van der Waals surface area (Å²) >= 11 is 0. The number of nitrogens with two attached hydrogens (primary N) is 1. The molecule has 1 unspecified atom stereocenters. The number of pyridine rings is 2. The molecule has 4 heterocycles. The van der Waals surface area contributed by atoms with Gasteiger partial charge in [-0.25, -0.2) is 9.97 Å². The third kappa shape index (κ3) is 8.07. The summed E-state index contributed by atoms with van der Waals surface area (Å²) in [6, 6.07) is 41.0. The van der Waals surface area contributed by atoms with Crippen molar-refractivity contribution < 1.29 is 19.5 Å². The first-order chi connectivity index (χ1) is 26.2. The van der Waals surface area contributed by atoms with Gasteiger partial charge in [0.25, 0.3) is 11.8 Å². The van der Waals surface area contributed by atoms with Crippen LogP contribution in [0.3, 0.4) is 0 Å². The molecule has 1 atom stereocenters. The van der Waals surface area contributed by atoms with Crippen LogP contribution in [0.4, 0.5) is 11.4 Å². The lowest BCUT2D eigenvalue weighted by atomic mass is 10.0. The number of hydrogen-bond acceptors (Lipinski definition) is 6. The molecule has 0 saturated heterocycles. The topological polar surface area (TPSA) is 156 Å². The molecule has 11 nitrogen and oxygen atoms in total. The highest BCUT2D eigenvalue weighted by atomic mass is 16.3. The zero-order valence-corrected chi connectivity index (χ0v) is 29.1. The molecule has 0 spiro atoms. The number of imidazole rings is 2. The van der Waals surface area contributed by atoms with Crippen LogP contribution in [-0.2, 0) is 0 Å². The second kappa shape index (κ2) is 15.5. The van der Waals surface area contributed by atoms with Crippen LogP contribution in [0, 0.1) is 0 Å².